The average molecular weight is 356 g/mol. The van der Waals surface area contributed by atoms with E-state index in [1.165, 1.54) is 31.2 Å². The van der Waals surface area contributed by atoms with Gasteiger partial charge < -0.3 is 10.6 Å². The van der Waals surface area contributed by atoms with Gasteiger partial charge in [-0.2, -0.15) is 0 Å². The first kappa shape index (κ1) is 16.7. The first-order valence-corrected chi connectivity index (χ1v) is 10.0. The highest BCUT2D eigenvalue weighted by Crippen LogP contribution is 2.38. The number of aromatic nitrogens is 1. The number of benzene rings is 1. The molecule has 2 atom stereocenters. The largest absolute Gasteiger partial charge is 0.336 e. The number of rotatable bonds is 3. The third kappa shape index (κ3) is 3.23. The van der Waals surface area contributed by atoms with Gasteiger partial charge in [0, 0.05) is 31.0 Å². The Morgan fingerprint density at radius 2 is 1.92 bits per heavy atom. The van der Waals surface area contributed by atoms with Crippen molar-refractivity contribution in [2.75, 3.05) is 13.1 Å². The number of nitrogens with two attached hydrogens (primary N) is 1. The SMILES string of the molecule is Cc1nc(C2CCCC2)sc1C(=O)N1C[C@@H](N)[C@H](c2ccccc2)C1. The van der Waals surface area contributed by atoms with Gasteiger partial charge in [-0.25, -0.2) is 4.98 Å². The van der Waals surface area contributed by atoms with E-state index in [0.717, 1.165) is 15.6 Å². The summed E-state index contributed by atoms with van der Waals surface area (Å²) in [6.45, 7) is 3.28. The lowest BCUT2D eigenvalue weighted by molar-refractivity contribution is 0.0793. The molecule has 1 saturated carbocycles. The van der Waals surface area contributed by atoms with Crippen LogP contribution < -0.4 is 5.73 Å². The van der Waals surface area contributed by atoms with E-state index < -0.39 is 0 Å². The van der Waals surface area contributed by atoms with E-state index in [-0.39, 0.29) is 17.9 Å². The molecule has 1 aliphatic carbocycles. The predicted molar refractivity (Wildman–Crippen MR) is 101 cm³/mol. The molecule has 1 saturated heterocycles. The van der Waals surface area contributed by atoms with Gasteiger partial charge in [0.25, 0.3) is 5.91 Å². The first-order valence-electron chi connectivity index (χ1n) is 9.20. The lowest BCUT2D eigenvalue weighted by Crippen LogP contribution is -2.32. The number of nitrogens with zero attached hydrogens (tertiary/aromatic N) is 2. The molecule has 2 heterocycles. The summed E-state index contributed by atoms with van der Waals surface area (Å²) >= 11 is 1.61. The molecule has 0 radical (unpaired) electrons. The van der Waals surface area contributed by atoms with Crippen molar-refractivity contribution < 1.29 is 4.79 Å². The normalized spacial score (nSPS) is 24.2. The number of hydrogen-bond acceptors (Lipinski definition) is 4. The van der Waals surface area contributed by atoms with Crippen molar-refractivity contribution in [3.05, 3.63) is 51.5 Å². The van der Waals surface area contributed by atoms with Crippen LogP contribution in [-0.2, 0) is 0 Å². The summed E-state index contributed by atoms with van der Waals surface area (Å²) < 4.78 is 0. The van der Waals surface area contributed by atoms with Gasteiger partial charge in [-0.15, -0.1) is 11.3 Å². The van der Waals surface area contributed by atoms with Crippen molar-refractivity contribution in [2.24, 2.45) is 5.73 Å². The molecule has 2 aliphatic rings. The van der Waals surface area contributed by atoms with Gasteiger partial charge in [-0.1, -0.05) is 43.2 Å². The minimum Gasteiger partial charge on any atom is -0.336 e. The Kier molecular flexibility index (Phi) is 4.61. The average Bonchev–Trinajstić information content (AvgIpc) is 3.34. The molecule has 132 valence electrons. The highest BCUT2D eigenvalue weighted by molar-refractivity contribution is 7.13. The summed E-state index contributed by atoms with van der Waals surface area (Å²) in [6, 6.07) is 10.3. The van der Waals surface area contributed by atoms with Crippen molar-refractivity contribution >= 4 is 17.2 Å². The van der Waals surface area contributed by atoms with Crippen LogP contribution in [0.1, 0.15) is 63.5 Å². The Balaban J connectivity index is 1.52. The van der Waals surface area contributed by atoms with Crippen LogP contribution in [0, 0.1) is 6.92 Å². The molecule has 2 fully saturated rings. The van der Waals surface area contributed by atoms with Crippen LogP contribution in [-0.4, -0.2) is 34.9 Å². The van der Waals surface area contributed by atoms with E-state index in [4.69, 9.17) is 10.7 Å². The highest BCUT2D eigenvalue weighted by atomic mass is 32.1. The van der Waals surface area contributed by atoms with Crippen molar-refractivity contribution in [1.82, 2.24) is 9.88 Å². The number of carbonyl (C=O) groups is 1. The molecule has 2 aromatic rings. The summed E-state index contributed by atoms with van der Waals surface area (Å²) in [6.07, 6.45) is 5.00. The van der Waals surface area contributed by atoms with Crippen molar-refractivity contribution in [3.8, 4) is 0 Å². The molecule has 4 nitrogen and oxygen atoms in total. The standard InChI is InChI=1S/C20H25N3OS/c1-13-18(25-19(22-13)15-9-5-6-10-15)20(24)23-11-16(17(21)12-23)14-7-3-2-4-8-14/h2-4,7-8,15-17H,5-6,9-12,21H2,1H3/t16-,17+/m0/s1. The predicted octanol–water partition coefficient (Wildman–Crippen LogP) is 3.68. The number of hydrogen-bond donors (Lipinski definition) is 1. The first-order chi connectivity index (χ1) is 12.1. The van der Waals surface area contributed by atoms with Crippen LogP contribution in [0.15, 0.2) is 30.3 Å². The van der Waals surface area contributed by atoms with Gasteiger partial charge in [0.15, 0.2) is 0 Å². The van der Waals surface area contributed by atoms with Crippen LogP contribution in [0.4, 0.5) is 0 Å². The second kappa shape index (κ2) is 6.89. The number of amides is 1. The molecule has 25 heavy (non-hydrogen) atoms. The fraction of sp³-hybridized carbons (Fsp3) is 0.500. The van der Waals surface area contributed by atoms with Gasteiger partial charge in [0.1, 0.15) is 4.88 Å². The third-order valence-corrected chi connectivity index (χ3v) is 6.90. The molecule has 1 aromatic carbocycles. The molecule has 0 unspecified atom stereocenters. The maximum absolute atomic E-state index is 13.1. The quantitative estimate of drug-likeness (QED) is 0.914. The topological polar surface area (TPSA) is 59.2 Å². The van der Waals surface area contributed by atoms with Crippen LogP contribution in [0.3, 0.4) is 0 Å². The molecular formula is C20H25N3OS. The maximum Gasteiger partial charge on any atom is 0.265 e. The Labute approximate surface area is 153 Å². The fourth-order valence-electron chi connectivity index (χ4n) is 4.15. The van der Waals surface area contributed by atoms with Gasteiger partial charge in [0.2, 0.25) is 0 Å². The van der Waals surface area contributed by atoms with Crippen molar-refractivity contribution in [3.63, 3.8) is 0 Å². The van der Waals surface area contributed by atoms with E-state index in [1.807, 2.05) is 30.0 Å². The van der Waals surface area contributed by atoms with Gasteiger partial charge in [0.05, 0.1) is 10.7 Å². The third-order valence-electron chi connectivity index (χ3n) is 5.59. The number of carbonyl (C=O) groups excluding carboxylic acids is 1. The van der Waals surface area contributed by atoms with E-state index in [1.54, 1.807) is 11.3 Å². The second-order valence-corrected chi connectivity index (χ2v) is 8.37. The lowest BCUT2D eigenvalue weighted by atomic mass is 9.95. The van der Waals surface area contributed by atoms with Crippen molar-refractivity contribution in [2.45, 2.75) is 50.5 Å². The Morgan fingerprint density at radius 3 is 2.64 bits per heavy atom. The van der Waals surface area contributed by atoms with E-state index in [0.29, 0.717) is 19.0 Å². The molecule has 2 N–H and O–H groups in total. The van der Waals surface area contributed by atoms with Crippen LogP contribution in [0.25, 0.3) is 0 Å². The van der Waals surface area contributed by atoms with Gasteiger partial charge in [-0.05, 0) is 25.3 Å². The molecular weight excluding hydrogens is 330 g/mol. The van der Waals surface area contributed by atoms with Crippen LogP contribution in [0.5, 0.6) is 0 Å². The van der Waals surface area contributed by atoms with E-state index in [9.17, 15) is 4.79 Å². The van der Waals surface area contributed by atoms with E-state index in [2.05, 4.69) is 12.1 Å². The molecule has 1 aromatic heterocycles. The molecule has 1 amide bonds. The Hall–Kier alpha value is -1.72. The minimum atomic E-state index is -0.00567. The Bertz CT molecular complexity index is 752. The maximum atomic E-state index is 13.1. The monoisotopic (exact) mass is 355 g/mol. The number of likely N-dealkylation sites (tertiary alicyclic amines) is 1. The minimum absolute atomic E-state index is 0.00567. The highest BCUT2D eigenvalue weighted by Gasteiger charge is 2.35. The summed E-state index contributed by atoms with van der Waals surface area (Å²) in [4.78, 5) is 20.5. The zero-order chi connectivity index (χ0) is 17.4. The van der Waals surface area contributed by atoms with E-state index >= 15 is 0 Å². The molecule has 5 heteroatoms. The molecule has 0 bridgehead atoms. The summed E-state index contributed by atoms with van der Waals surface area (Å²) in [5.41, 5.74) is 8.46. The Morgan fingerprint density at radius 1 is 1.20 bits per heavy atom. The summed E-state index contributed by atoms with van der Waals surface area (Å²) in [5.74, 6) is 0.879. The number of thiazole rings is 1. The smallest absolute Gasteiger partial charge is 0.265 e. The van der Waals surface area contributed by atoms with Gasteiger partial charge in [-0.3, -0.25) is 4.79 Å². The van der Waals surface area contributed by atoms with Crippen molar-refractivity contribution in [1.29, 1.82) is 0 Å². The second-order valence-electron chi connectivity index (χ2n) is 7.34. The van der Waals surface area contributed by atoms with Gasteiger partial charge >= 0.3 is 0 Å². The molecule has 1 aliphatic heterocycles. The summed E-state index contributed by atoms with van der Waals surface area (Å²) in [5, 5.41) is 1.15. The molecule has 4 rings (SSSR count). The van der Waals surface area contributed by atoms with Crippen LogP contribution in [0.2, 0.25) is 0 Å². The summed E-state index contributed by atoms with van der Waals surface area (Å²) in [7, 11) is 0. The number of aryl methyl sites for hydroxylation is 1. The van der Waals surface area contributed by atoms with Crippen LogP contribution >= 0.6 is 11.3 Å². The molecule has 0 spiro atoms. The zero-order valence-corrected chi connectivity index (χ0v) is 15.5. The fourth-order valence-corrected chi connectivity index (χ4v) is 5.36. The lowest BCUT2D eigenvalue weighted by Gasteiger charge is -2.16. The zero-order valence-electron chi connectivity index (χ0n) is 14.6.